The highest BCUT2D eigenvalue weighted by atomic mass is 32.2. The van der Waals surface area contributed by atoms with Crippen molar-refractivity contribution in [2.24, 2.45) is 0 Å². The molecule has 0 unspecified atom stereocenters. The van der Waals surface area contributed by atoms with E-state index in [0.717, 1.165) is 17.8 Å². The van der Waals surface area contributed by atoms with Crippen molar-refractivity contribution in [3.63, 3.8) is 0 Å². The molecule has 0 aliphatic rings. The molecule has 2 heterocycles. The lowest BCUT2D eigenvalue weighted by Gasteiger charge is -2.04. The van der Waals surface area contributed by atoms with E-state index >= 15 is 0 Å². The Bertz CT molecular complexity index is 892. The van der Waals surface area contributed by atoms with E-state index in [4.69, 9.17) is 10.3 Å². The van der Waals surface area contributed by atoms with Gasteiger partial charge in [-0.25, -0.2) is 9.07 Å². The van der Waals surface area contributed by atoms with Crippen LogP contribution in [-0.4, -0.2) is 19.8 Å². The van der Waals surface area contributed by atoms with Crippen LogP contribution in [0.3, 0.4) is 0 Å². The zero-order valence-corrected chi connectivity index (χ0v) is 12.6. The number of halogens is 1. The smallest absolute Gasteiger partial charge is 0.272 e. The molecule has 23 heavy (non-hydrogen) atoms. The molecular weight excluding hydrogens is 325 g/mol. The highest BCUT2D eigenvalue weighted by Gasteiger charge is 2.18. The molecule has 10 heteroatoms. The lowest BCUT2D eigenvalue weighted by atomic mass is 10.2. The summed E-state index contributed by atoms with van der Waals surface area (Å²) in [5, 5.41) is 18.7. The van der Waals surface area contributed by atoms with Gasteiger partial charge in [0.15, 0.2) is 5.82 Å². The fraction of sp³-hybridized carbons (Fsp3) is 0.0769. The van der Waals surface area contributed by atoms with Crippen molar-refractivity contribution in [1.82, 2.24) is 14.9 Å². The highest BCUT2D eigenvalue weighted by molar-refractivity contribution is 7.99. The second-order valence-electron chi connectivity index (χ2n) is 4.54. The third-order valence-corrected chi connectivity index (χ3v) is 4.10. The quantitative estimate of drug-likeness (QED) is 0.443. The second kappa shape index (κ2) is 5.72. The molecule has 0 saturated heterocycles. The van der Waals surface area contributed by atoms with Gasteiger partial charge in [0.25, 0.3) is 5.69 Å². The first-order valence-corrected chi connectivity index (χ1v) is 7.15. The summed E-state index contributed by atoms with van der Waals surface area (Å²) in [6, 6.07) is 5.06. The standard InChI is InChI=1S/C13H10FN5O3S/c1-7-9(4-5-22-7)12-16-17-13(18(12)15)23-11-3-2-8(19(20)21)6-10(11)14/h2-6H,15H2,1H3. The number of nitro groups is 1. The number of non-ortho nitro benzene ring substituents is 1. The summed E-state index contributed by atoms with van der Waals surface area (Å²) < 4.78 is 20.3. The fourth-order valence-electron chi connectivity index (χ4n) is 1.93. The van der Waals surface area contributed by atoms with E-state index in [0.29, 0.717) is 17.1 Å². The molecule has 0 atom stereocenters. The van der Waals surface area contributed by atoms with Gasteiger partial charge in [-0.15, -0.1) is 10.2 Å². The van der Waals surface area contributed by atoms with Crippen molar-refractivity contribution in [3.8, 4) is 11.4 Å². The maximum Gasteiger partial charge on any atom is 0.272 e. The van der Waals surface area contributed by atoms with Crippen LogP contribution in [0.4, 0.5) is 10.1 Å². The van der Waals surface area contributed by atoms with Crippen molar-refractivity contribution in [2.45, 2.75) is 17.0 Å². The Balaban J connectivity index is 1.91. The molecule has 3 rings (SSSR count). The van der Waals surface area contributed by atoms with E-state index in [1.165, 1.54) is 23.1 Å². The molecule has 0 spiro atoms. The van der Waals surface area contributed by atoms with Gasteiger partial charge in [0.1, 0.15) is 11.6 Å². The second-order valence-corrected chi connectivity index (χ2v) is 5.55. The molecular formula is C13H10FN5O3S. The molecule has 118 valence electrons. The van der Waals surface area contributed by atoms with Crippen LogP contribution >= 0.6 is 11.8 Å². The minimum atomic E-state index is -0.728. The molecule has 0 saturated carbocycles. The number of hydrogen-bond acceptors (Lipinski definition) is 7. The number of nitrogens with two attached hydrogens (primary N) is 1. The van der Waals surface area contributed by atoms with Crippen molar-refractivity contribution in [1.29, 1.82) is 0 Å². The van der Waals surface area contributed by atoms with Gasteiger partial charge in [-0.2, -0.15) is 0 Å². The maximum absolute atomic E-state index is 13.9. The van der Waals surface area contributed by atoms with Crippen LogP contribution in [0.15, 0.2) is 45.0 Å². The van der Waals surface area contributed by atoms with Crippen LogP contribution in [0.25, 0.3) is 11.4 Å². The number of rotatable bonds is 4. The molecule has 8 nitrogen and oxygen atoms in total. The van der Waals surface area contributed by atoms with E-state index in [1.54, 1.807) is 13.0 Å². The number of nitrogen functional groups attached to an aromatic ring is 1. The SMILES string of the molecule is Cc1occc1-c1nnc(Sc2ccc([N+](=O)[O-])cc2F)n1N. The van der Waals surface area contributed by atoms with E-state index in [2.05, 4.69) is 10.2 Å². The van der Waals surface area contributed by atoms with E-state index in [9.17, 15) is 14.5 Å². The summed E-state index contributed by atoms with van der Waals surface area (Å²) in [7, 11) is 0. The summed E-state index contributed by atoms with van der Waals surface area (Å²) in [5.41, 5.74) is 0.354. The first-order chi connectivity index (χ1) is 11.0. The normalized spacial score (nSPS) is 10.9. The van der Waals surface area contributed by atoms with Crippen molar-refractivity contribution in [3.05, 3.63) is 52.2 Å². The van der Waals surface area contributed by atoms with Crippen LogP contribution in [0.1, 0.15) is 5.76 Å². The first-order valence-electron chi connectivity index (χ1n) is 6.34. The Morgan fingerprint density at radius 1 is 1.39 bits per heavy atom. The zero-order chi connectivity index (χ0) is 16.6. The van der Waals surface area contributed by atoms with Gasteiger partial charge in [-0.05, 0) is 30.8 Å². The summed E-state index contributed by atoms with van der Waals surface area (Å²) in [5.74, 6) is 6.21. The van der Waals surface area contributed by atoms with Gasteiger partial charge < -0.3 is 10.3 Å². The van der Waals surface area contributed by atoms with Crippen LogP contribution in [-0.2, 0) is 0 Å². The van der Waals surface area contributed by atoms with Crippen LogP contribution in [0.2, 0.25) is 0 Å². The number of aromatic nitrogens is 3. The van der Waals surface area contributed by atoms with Crippen LogP contribution in [0.5, 0.6) is 0 Å². The van der Waals surface area contributed by atoms with Gasteiger partial charge in [-0.3, -0.25) is 10.1 Å². The number of nitro benzene ring substituents is 1. The summed E-state index contributed by atoms with van der Waals surface area (Å²) >= 11 is 0.921. The van der Waals surface area contributed by atoms with E-state index < -0.39 is 10.7 Å². The van der Waals surface area contributed by atoms with E-state index in [-0.39, 0.29) is 15.7 Å². The molecule has 1 aromatic carbocycles. The van der Waals surface area contributed by atoms with Gasteiger partial charge >= 0.3 is 0 Å². The largest absolute Gasteiger partial charge is 0.469 e. The Hall–Kier alpha value is -2.88. The lowest BCUT2D eigenvalue weighted by molar-refractivity contribution is -0.385. The number of hydrogen-bond donors (Lipinski definition) is 1. The molecule has 0 fully saturated rings. The molecule has 0 aliphatic heterocycles. The maximum atomic E-state index is 13.9. The predicted molar refractivity (Wildman–Crippen MR) is 79.8 cm³/mol. The third-order valence-electron chi connectivity index (χ3n) is 3.09. The molecule has 0 amide bonds. The van der Waals surface area contributed by atoms with E-state index in [1.807, 2.05) is 0 Å². The number of furan rings is 1. The highest BCUT2D eigenvalue weighted by Crippen LogP contribution is 2.32. The topological polar surface area (TPSA) is 113 Å². The summed E-state index contributed by atoms with van der Waals surface area (Å²) in [4.78, 5) is 10.1. The number of nitrogens with zero attached hydrogens (tertiary/aromatic N) is 4. The van der Waals surface area contributed by atoms with Crippen molar-refractivity contribution < 1.29 is 13.7 Å². The van der Waals surface area contributed by atoms with Crippen molar-refractivity contribution >= 4 is 17.4 Å². The average molecular weight is 335 g/mol. The van der Waals surface area contributed by atoms with Crippen LogP contribution < -0.4 is 5.84 Å². The lowest BCUT2D eigenvalue weighted by Crippen LogP contribution is -2.11. The average Bonchev–Trinajstić information content (AvgIpc) is 3.07. The molecule has 0 aliphatic carbocycles. The van der Waals surface area contributed by atoms with Gasteiger partial charge in [-0.1, -0.05) is 0 Å². The minimum Gasteiger partial charge on any atom is -0.469 e. The monoisotopic (exact) mass is 335 g/mol. The number of aryl methyl sites for hydroxylation is 1. The van der Waals surface area contributed by atoms with Gasteiger partial charge in [0, 0.05) is 6.07 Å². The zero-order valence-electron chi connectivity index (χ0n) is 11.8. The minimum absolute atomic E-state index is 0.158. The van der Waals surface area contributed by atoms with Gasteiger partial charge in [0.05, 0.1) is 27.7 Å². The summed E-state index contributed by atoms with van der Waals surface area (Å²) in [6.45, 7) is 1.76. The predicted octanol–water partition coefficient (Wildman–Crippen LogP) is 2.76. The summed E-state index contributed by atoms with van der Waals surface area (Å²) in [6.07, 6.45) is 1.50. The third kappa shape index (κ3) is 2.75. The molecule has 2 aromatic heterocycles. The Kier molecular flexibility index (Phi) is 3.74. The number of benzene rings is 1. The Labute approximate surface area is 133 Å². The van der Waals surface area contributed by atoms with Crippen molar-refractivity contribution in [2.75, 3.05) is 5.84 Å². The molecule has 3 aromatic rings. The Morgan fingerprint density at radius 3 is 2.78 bits per heavy atom. The molecule has 0 radical (unpaired) electrons. The Morgan fingerprint density at radius 2 is 2.17 bits per heavy atom. The van der Waals surface area contributed by atoms with Gasteiger partial charge in [0.2, 0.25) is 5.16 Å². The van der Waals surface area contributed by atoms with Crippen LogP contribution in [0, 0.1) is 22.9 Å². The first kappa shape index (κ1) is 15.0. The fourth-order valence-corrected chi connectivity index (χ4v) is 2.69. The molecule has 2 N–H and O–H groups in total. The molecule has 0 bridgehead atoms.